The molecule has 0 atom stereocenters. The van der Waals surface area contributed by atoms with Gasteiger partial charge >= 0.3 is 0 Å². The molecule has 37 heavy (non-hydrogen) atoms. The Bertz CT molecular complexity index is 1270. The van der Waals surface area contributed by atoms with Gasteiger partial charge in [-0.15, -0.1) is 0 Å². The summed E-state index contributed by atoms with van der Waals surface area (Å²) in [5, 5.41) is 2.88. The number of hydrogen-bond donors (Lipinski definition) is 1. The Morgan fingerprint density at radius 2 is 1.51 bits per heavy atom. The first-order chi connectivity index (χ1) is 17.8. The van der Waals surface area contributed by atoms with Crippen molar-refractivity contribution in [3.8, 4) is 5.75 Å². The van der Waals surface area contributed by atoms with Gasteiger partial charge in [-0.3, -0.25) is 14.0 Å². The number of carbonyl (C=O) groups is 1. The van der Waals surface area contributed by atoms with E-state index in [4.69, 9.17) is 4.74 Å². The van der Waals surface area contributed by atoms with E-state index in [1.165, 1.54) is 44.1 Å². The van der Waals surface area contributed by atoms with Gasteiger partial charge in [-0.25, -0.2) is 8.42 Å². The van der Waals surface area contributed by atoms with E-state index in [9.17, 15) is 13.2 Å². The Morgan fingerprint density at radius 1 is 0.892 bits per heavy atom. The number of nitrogens with one attached hydrogen (secondary N) is 1. The van der Waals surface area contributed by atoms with Crippen molar-refractivity contribution in [3.63, 3.8) is 0 Å². The van der Waals surface area contributed by atoms with Crippen molar-refractivity contribution in [1.82, 2.24) is 10.2 Å². The first kappa shape index (κ1) is 26.7. The van der Waals surface area contributed by atoms with E-state index in [1.54, 1.807) is 24.3 Å². The molecule has 7 nitrogen and oxygen atoms in total. The van der Waals surface area contributed by atoms with Crippen molar-refractivity contribution in [2.24, 2.45) is 0 Å². The molecule has 4 rings (SSSR count). The summed E-state index contributed by atoms with van der Waals surface area (Å²) in [7, 11) is -2.45. The van der Waals surface area contributed by atoms with Crippen LogP contribution in [-0.4, -0.2) is 46.0 Å². The lowest BCUT2D eigenvalue weighted by atomic mass is 10.1. The molecule has 8 heteroatoms. The zero-order chi connectivity index (χ0) is 26.3. The van der Waals surface area contributed by atoms with Crippen LogP contribution in [0.3, 0.4) is 0 Å². The van der Waals surface area contributed by atoms with Crippen molar-refractivity contribution in [2.75, 3.05) is 31.0 Å². The van der Waals surface area contributed by atoms with Crippen molar-refractivity contribution < 1.29 is 17.9 Å². The molecule has 1 N–H and O–H groups in total. The summed E-state index contributed by atoms with van der Waals surface area (Å²) in [6.07, 6.45) is 3.84. The molecule has 1 amide bonds. The van der Waals surface area contributed by atoms with Crippen LogP contribution in [0, 0.1) is 6.92 Å². The summed E-state index contributed by atoms with van der Waals surface area (Å²) in [5.41, 5.74) is 3.65. The normalized spacial score (nSPS) is 14.2. The molecule has 0 bridgehead atoms. The summed E-state index contributed by atoms with van der Waals surface area (Å²) in [5.74, 6) is 0.176. The van der Waals surface area contributed by atoms with E-state index >= 15 is 0 Å². The van der Waals surface area contributed by atoms with Crippen LogP contribution in [0.25, 0.3) is 0 Å². The smallest absolute Gasteiger partial charge is 0.264 e. The summed E-state index contributed by atoms with van der Waals surface area (Å²) >= 11 is 0. The van der Waals surface area contributed by atoms with Crippen LogP contribution < -0.4 is 14.4 Å². The standard InChI is InChI=1S/C29H35N3O4S/c1-23-6-12-26(13-7-23)32(37(34,35)28-16-14-27(36-2)15-17-28)22-29(33)30-20-24-8-10-25(11-9-24)21-31-18-4-3-5-19-31/h6-17H,3-5,18-22H2,1-2H3,(H,30,33). The minimum absolute atomic E-state index is 0.0889. The highest BCUT2D eigenvalue weighted by atomic mass is 32.2. The Labute approximate surface area is 220 Å². The van der Waals surface area contributed by atoms with Crippen LogP contribution in [0.1, 0.15) is 36.0 Å². The highest BCUT2D eigenvalue weighted by Crippen LogP contribution is 2.25. The van der Waals surface area contributed by atoms with Gasteiger partial charge in [-0.2, -0.15) is 0 Å². The Hall–Kier alpha value is -3.36. The topological polar surface area (TPSA) is 79.0 Å². The predicted octanol–water partition coefficient (Wildman–Crippen LogP) is 4.50. The third kappa shape index (κ3) is 7.11. The molecule has 3 aromatic carbocycles. The summed E-state index contributed by atoms with van der Waals surface area (Å²) in [6.45, 7) is 5.17. The monoisotopic (exact) mass is 521 g/mol. The molecule has 1 aliphatic heterocycles. The number of amides is 1. The van der Waals surface area contributed by atoms with Crippen LogP contribution >= 0.6 is 0 Å². The highest BCUT2D eigenvalue weighted by Gasteiger charge is 2.27. The van der Waals surface area contributed by atoms with E-state index in [-0.39, 0.29) is 17.3 Å². The van der Waals surface area contributed by atoms with Crippen molar-refractivity contribution >= 4 is 21.6 Å². The van der Waals surface area contributed by atoms with Gasteiger partial charge < -0.3 is 10.1 Å². The fourth-order valence-corrected chi connectivity index (χ4v) is 5.85. The van der Waals surface area contributed by atoms with Crippen molar-refractivity contribution in [3.05, 3.63) is 89.5 Å². The van der Waals surface area contributed by atoms with Crippen LogP contribution in [0.2, 0.25) is 0 Å². The number of hydrogen-bond acceptors (Lipinski definition) is 5. The van der Waals surface area contributed by atoms with E-state index in [1.807, 2.05) is 31.2 Å². The van der Waals surface area contributed by atoms with Gasteiger partial charge in [0.2, 0.25) is 5.91 Å². The Balaban J connectivity index is 1.43. The number of nitrogens with zero attached hydrogens (tertiary/aromatic N) is 2. The maximum Gasteiger partial charge on any atom is 0.264 e. The van der Waals surface area contributed by atoms with Crippen LogP contribution in [0.5, 0.6) is 5.75 Å². The molecule has 0 unspecified atom stereocenters. The Kier molecular flexibility index (Phi) is 8.84. The minimum Gasteiger partial charge on any atom is -0.497 e. The quantitative estimate of drug-likeness (QED) is 0.425. The van der Waals surface area contributed by atoms with E-state index in [0.717, 1.165) is 35.1 Å². The number of piperidine rings is 1. The number of benzene rings is 3. The molecule has 1 aliphatic rings. The average molecular weight is 522 g/mol. The van der Waals surface area contributed by atoms with Crippen molar-refractivity contribution in [2.45, 2.75) is 44.2 Å². The second-order valence-electron chi connectivity index (χ2n) is 9.45. The lowest BCUT2D eigenvalue weighted by molar-refractivity contribution is -0.119. The van der Waals surface area contributed by atoms with Crippen molar-refractivity contribution in [1.29, 1.82) is 0 Å². The second kappa shape index (κ2) is 12.3. The zero-order valence-corrected chi connectivity index (χ0v) is 22.3. The van der Waals surface area contributed by atoms with Gasteiger partial charge in [-0.1, -0.05) is 48.4 Å². The molecule has 0 aliphatic carbocycles. The fourth-order valence-electron chi connectivity index (χ4n) is 4.43. The number of likely N-dealkylation sites (tertiary alicyclic amines) is 1. The van der Waals surface area contributed by atoms with E-state index in [2.05, 4.69) is 22.3 Å². The number of ether oxygens (including phenoxy) is 1. The number of rotatable bonds is 10. The zero-order valence-electron chi connectivity index (χ0n) is 21.5. The molecule has 0 spiro atoms. The van der Waals surface area contributed by atoms with Gasteiger partial charge in [0.25, 0.3) is 10.0 Å². The summed E-state index contributed by atoms with van der Waals surface area (Å²) in [4.78, 5) is 15.5. The number of carbonyl (C=O) groups excluding carboxylic acids is 1. The molecule has 1 saturated heterocycles. The number of aryl methyl sites for hydroxylation is 1. The maximum absolute atomic E-state index is 13.5. The summed E-state index contributed by atoms with van der Waals surface area (Å²) in [6, 6.07) is 21.5. The molecule has 1 fully saturated rings. The number of sulfonamides is 1. The lowest BCUT2D eigenvalue weighted by Crippen LogP contribution is -2.40. The summed E-state index contributed by atoms with van der Waals surface area (Å²) < 4.78 is 33.4. The minimum atomic E-state index is -3.98. The second-order valence-corrected chi connectivity index (χ2v) is 11.3. The number of methoxy groups -OCH3 is 1. The first-order valence-corrected chi connectivity index (χ1v) is 14.1. The van der Waals surface area contributed by atoms with Gasteiger partial charge in [0.15, 0.2) is 0 Å². The molecule has 3 aromatic rings. The fraction of sp³-hybridized carbons (Fsp3) is 0.345. The van der Waals surface area contributed by atoms with Gasteiger partial charge in [0.1, 0.15) is 12.3 Å². The lowest BCUT2D eigenvalue weighted by Gasteiger charge is -2.26. The predicted molar refractivity (Wildman–Crippen MR) is 146 cm³/mol. The van der Waals surface area contributed by atoms with Gasteiger partial charge in [-0.05, 0) is 80.4 Å². The number of anilines is 1. The molecule has 196 valence electrons. The highest BCUT2D eigenvalue weighted by molar-refractivity contribution is 7.92. The Morgan fingerprint density at radius 3 is 2.14 bits per heavy atom. The first-order valence-electron chi connectivity index (χ1n) is 12.7. The third-order valence-corrected chi connectivity index (χ3v) is 8.41. The van der Waals surface area contributed by atoms with Crippen LogP contribution in [-0.2, 0) is 27.9 Å². The third-order valence-electron chi connectivity index (χ3n) is 6.62. The molecular formula is C29H35N3O4S. The average Bonchev–Trinajstić information content (AvgIpc) is 2.92. The SMILES string of the molecule is COc1ccc(S(=O)(=O)N(CC(=O)NCc2ccc(CN3CCCCC3)cc2)c2ccc(C)cc2)cc1. The molecular weight excluding hydrogens is 486 g/mol. The van der Waals surface area contributed by atoms with Gasteiger partial charge in [0.05, 0.1) is 17.7 Å². The van der Waals surface area contributed by atoms with Gasteiger partial charge in [0, 0.05) is 13.1 Å². The molecule has 0 saturated carbocycles. The molecule has 0 aromatic heterocycles. The largest absolute Gasteiger partial charge is 0.497 e. The van der Waals surface area contributed by atoms with Crippen LogP contribution in [0.4, 0.5) is 5.69 Å². The van der Waals surface area contributed by atoms with Crippen LogP contribution in [0.15, 0.2) is 77.7 Å². The molecule has 1 heterocycles. The van der Waals surface area contributed by atoms with E-state index in [0.29, 0.717) is 18.0 Å². The molecule has 0 radical (unpaired) electrons. The maximum atomic E-state index is 13.5. The van der Waals surface area contributed by atoms with E-state index < -0.39 is 10.0 Å².